The van der Waals surface area contributed by atoms with Gasteiger partial charge in [-0.1, -0.05) is 31.9 Å². The van der Waals surface area contributed by atoms with Gasteiger partial charge in [0.2, 0.25) is 5.88 Å². The number of nitrogens with zero attached hydrogens (tertiary/aromatic N) is 3. The second-order valence-corrected chi connectivity index (χ2v) is 10.0. The molecule has 2 aromatic rings. The van der Waals surface area contributed by atoms with E-state index in [1.807, 2.05) is 6.92 Å². The molecule has 0 bridgehead atoms. The third kappa shape index (κ3) is 5.78. The number of rotatable bonds is 6. The lowest BCUT2D eigenvalue weighted by atomic mass is 9.99. The number of benzene rings is 1. The first kappa shape index (κ1) is 25.9. The second-order valence-electron chi connectivity index (χ2n) is 10.0. The van der Waals surface area contributed by atoms with Gasteiger partial charge in [-0.25, -0.2) is 14.2 Å². The minimum atomic E-state index is -0.422. The molecule has 36 heavy (non-hydrogen) atoms. The van der Waals surface area contributed by atoms with Crippen LogP contribution in [0.5, 0.6) is 5.88 Å². The Morgan fingerprint density at radius 2 is 1.97 bits per heavy atom. The second kappa shape index (κ2) is 11.2. The van der Waals surface area contributed by atoms with E-state index < -0.39 is 12.1 Å². The lowest BCUT2D eigenvalue weighted by Gasteiger charge is -2.37. The SMILES string of the molecule is C[C@H]1CN([C@@H](C)CO)C(=O)c2cc(-c3ccc(F)cc3)cnc2O[C@@H]1CN(C)C(=O)NC1CCCC1. The Kier molecular flexibility index (Phi) is 8.08. The van der Waals surface area contributed by atoms with Crippen molar-refractivity contribution in [3.05, 3.63) is 47.9 Å². The number of pyridine rings is 1. The summed E-state index contributed by atoms with van der Waals surface area (Å²) < 4.78 is 19.7. The van der Waals surface area contributed by atoms with Crippen LogP contribution in [0.15, 0.2) is 36.5 Å². The molecule has 9 heteroatoms. The molecule has 1 saturated carbocycles. The van der Waals surface area contributed by atoms with Crippen molar-refractivity contribution in [2.24, 2.45) is 5.92 Å². The number of likely N-dealkylation sites (N-methyl/N-ethyl adjacent to an activating group) is 1. The number of carbonyl (C=O) groups is 2. The molecule has 0 saturated heterocycles. The summed E-state index contributed by atoms with van der Waals surface area (Å²) in [5.41, 5.74) is 1.64. The van der Waals surface area contributed by atoms with Gasteiger partial charge in [0.1, 0.15) is 17.5 Å². The quantitative estimate of drug-likeness (QED) is 0.634. The van der Waals surface area contributed by atoms with Crippen molar-refractivity contribution in [2.75, 3.05) is 26.7 Å². The average Bonchev–Trinajstić information content (AvgIpc) is 3.39. The molecule has 0 radical (unpaired) electrons. The third-order valence-electron chi connectivity index (χ3n) is 7.18. The highest BCUT2D eigenvalue weighted by atomic mass is 19.1. The number of hydrogen-bond acceptors (Lipinski definition) is 5. The van der Waals surface area contributed by atoms with Gasteiger partial charge in [0, 0.05) is 37.3 Å². The lowest BCUT2D eigenvalue weighted by Crippen LogP contribution is -2.52. The number of aliphatic hydroxyl groups excluding tert-OH is 1. The summed E-state index contributed by atoms with van der Waals surface area (Å²) in [5.74, 6) is -0.586. The van der Waals surface area contributed by atoms with E-state index in [1.54, 1.807) is 48.2 Å². The van der Waals surface area contributed by atoms with Crippen molar-refractivity contribution in [1.82, 2.24) is 20.1 Å². The average molecular weight is 499 g/mol. The fourth-order valence-electron chi connectivity index (χ4n) is 4.83. The summed E-state index contributed by atoms with van der Waals surface area (Å²) in [6.07, 6.45) is 5.44. The van der Waals surface area contributed by atoms with Crippen LogP contribution in [-0.4, -0.2) is 76.8 Å². The van der Waals surface area contributed by atoms with Gasteiger partial charge in [0.05, 0.1) is 19.2 Å². The minimum absolute atomic E-state index is 0.128. The number of fused-ring (bicyclic) bond motifs is 1. The summed E-state index contributed by atoms with van der Waals surface area (Å²) in [6.45, 7) is 4.24. The smallest absolute Gasteiger partial charge is 0.317 e. The summed E-state index contributed by atoms with van der Waals surface area (Å²) in [5, 5.41) is 12.9. The first-order valence-electron chi connectivity index (χ1n) is 12.6. The molecule has 1 aromatic carbocycles. The van der Waals surface area contributed by atoms with Gasteiger partial charge in [0.15, 0.2) is 0 Å². The summed E-state index contributed by atoms with van der Waals surface area (Å²) >= 11 is 0. The Hall–Kier alpha value is -3.20. The number of hydrogen-bond donors (Lipinski definition) is 2. The van der Waals surface area contributed by atoms with Crippen LogP contribution in [0.3, 0.4) is 0 Å². The van der Waals surface area contributed by atoms with Gasteiger partial charge < -0.3 is 25.0 Å². The molecule has 1 aromatic heterocycles. The number of urea groups is 1. The van der Waals surface area contributed by atoms with Gasteiger partial charge in [-0.3, -0.25) is 4.79 Å². The highest BCUT2D eigenvalue weighted by molar-refractivity contribution is 5.98. The summed E-state index contributed by atoms with van der Waals surface area (Å²) in [7, 11) is 1.74. The van der Waals surface area contributed by atoms with E-state index in [4.69, 9.17) is 4.74 Å². The zero-order valence-corrected chi connectivity index (χ0v) is 21.1. The van der Waals surface area contributed by atoms with E-state index in [-0.39, 0.29) is 47.8 Å². The molecule has 3 atom stereocenters. The van der Waals surface area contributed by atoms with Crippen LogP contribution in [0.1, 0.15) is 49.9 Å². The van der Waals surface area contributed by atoms with E-state index in [1.165, 1.54) is 12.1 Å². The van der Waals surface area contributed by atoms with E-state index >= 15 is 0 Å². The molecule has 4 rings (SSSR count). The number of amides is 3. The van der Waals surface area contributed by atoms with Crippen LogP contribution in [0.4, 0.5) is 9.18 Å². The van der Waals surface area contributed by atoms with Crippen LogP contribution in [0.2, 0.25) is 0 Å². The van der Waals surface area contributed by atoms with Crippen molar-refractivity contribution >= 4 is 11.9 Å². The summed E-state index contributed by atoms with van der Waals surface area (Å²) in [6, 6.07) is 7.32. The van der Waals surface area contributed by atoms with Crippen molar-refractivity contribution < 1.29 is 23.8 Å². The molecule has 1 fully saturated rings. The molecule has 2 heterocycles. The van der Waals surface area contributed by atoms with Gasteiger partial charge in [-0.15, -0.1) is 0 Å². The molecule has 2 N–H and O–H groups in total. The number of ether oxygens (including phenoxy) is 1. The molecule has 194 valence electrons. The first-order valence-corrected chi connectivity index (χ1v) is 12.6. The van der Waals surface area contributed by atoms with Crippen LogP contribution >= 0.6 is 0 Å². The molecular formula is C27H35FN4O4. The number of aromatic nitrogens is 1. The van der Waals surface area contributed by atoms with E-state index in [0.29, 0.717) is 18.7 Å². The zero-order chi connectivity index (χ0) is 25.8. The Morgan fingerprint density at radius 1 is 1.28 bits per heavy atom. The first-order chi connectivity index (χ1) is 17.3. The molecule has 1 aliphatic carbocycles. The van der Waals surface area contributed by atoms with Crippen molar-refractivity contribution in [3.63, 3.8) is 0 Å². The molecule has 2 aliphatic rings. The molecule has 1 aliphatic heterocycles. The molecular weight excluding hydrogens is 463 g/mol. The summed E-state index contributed by atoms with van der Waals surface area (Å²) in [4.78, 5) is 34.1. The third-order valence-corrected chi connectivity index (χ3v) is 7.18. The lowest BCUT2D eigenvalue weighted by molar-refractivity contribution is 0.0351. The Balaban J connectivity index is 1.62. The Bertz CT molecular complexity index is 1070. The van der Waals surface area contributed by atoms with Crippen LogP contribution in [0, 0.1) is 11.7 Å². The Labute approximate surface area is 211 Å². The zero-order valence-electron chi connectivity index (χ0n) is 21.1. The minimum Gasteiger partial charge on any atom is -0.472 e. The number of halogens is 1. The number of aliphatic hydroxyl groups is 1. The highest BCUT2D eigenvalue weighted by Gasteiger charge is 2.35. The number of nitrogens with one attached hydrogen (secondary N) is 1. The molecule has 0 unspecified atom stereocenters. The maximum absolute atomic E-state index is 13.6. The van der Waals surface area contributed by atoms with Gasteiger partial charge >= 0.3 is 6.03 Å². The fourth-order valence-corrected chi connectivity index (χ4v) is 4.83. The largest absolute Gasteiger partial charge is 0.472 e. The Morgan fingerprint density at radius 3 is 2.64 bits per heavy atom. The molecule has 3 amide bonds. The monoisotopic (exact) mass is 498 g/mol. The van der Waals surface area contributed by atoms with Crippen molar-refractivity contribution in [1.29, 1.82) is 0 Å². The normalized spacial score (nSPS) is 21.2. The predicted molar refractivity (Wildman–Crippen MR) is 134 cm³/mol. The van der Waals surface area contributed by atoms with Gasteiger partial charge in [-0.2, -0.15) is 0 Å². The maximum Gasteiger partial charge on any atom is 0.317 e. The van der Waals surface area contributed by atoms with E-state index in [9.17, 15) is 19.1 Å². The molecule has 8 nitrogen and oxygen atoms in total. The number of carbonyl (C=O) groups excluding carboxylic acids is 2. The highest BCUT2D eigenvalue weighted by Crippen LogP contribution is 2.30. The predicted octanol–water partition coefficient (Wildman–Crippen LogP) is 3.69. The van der Waals surface area contributed by atoms with Gasteiger partial charge in [0.25, 0.3) is 5.91 Å². The van der Waals surface area contributed by atoms with Crippen molar-refractivity contribution in [2.45, 2.75) is 57.7 Å². The topological polar surface area (TPSA) is 95.0 Å². The standard InChI is InChI=1S/C27H35FN4O4/c1-17-14-32(18(2)16-33)26(34)23-12-20(19-8-10-21(28)11-9-19)13-29-25(23)36-24(17)15-31(3)27(35)30-22-6-4-5-7-22/h8-13,17-18,22,24,33H,4-7,14-16H2,1-3H3,(H,30,35)/t17-,18-,24+/m0/s1. The fraction of sp³-hybridized carbons (Fsp3) is 0.519. The van der Waals surface area contributed by atoms with Crippen molar-refractivity contribution in [3.8, 4) is 17.0 Å². The maximum atomic E-state index is 13.6. The van der Waals surface area contributed by atoms with Crippen LogP contribution in [0.25, 0.3) is 11.1 Å². The van der Waals surface area contributed by atoms with E-state index in [0.717, 1.165) is 31.2 Å². The van der Waals surface area contributed by atoms with E-state index in [2.05, 4.69) is 10.3 Å². The van der Waals surface area contributed by atoms with Gasteiger partial charge in [-0.05, 0) is 43.5 Å². The van der Waals surface area contributed by atoms with Crippen LogP contribution in [-0.2, 0) is 0 Å². The van der Waals surface area contributed by atoms with Crippen LogP contribution < -0.4 is 10.1 Å². The molecule has 0 spiro atoms.